The van der Waals surface area contributed by atoms with Crippen molar-refractivity contribution in [2.45, 2.75) is 32.6 Å². The molecule has 1 rings (SSSR count). The molecule has 0 aromatic heterocycles. The van der Waals surface area contributed by atoms with Crippen LogP contribution in [0.4, 0.5) is 0 Å². The topological polar surface area (TPSA) is 29.5 Å². The fourth-order valence-electron chi connectivity index (χ4n) is 1.86. The maximum absolute atomic E-state index is 9.14. The van der Waals surface area contributed by atoms with Gasteiger partial charge in [-0.25, -0.2) is 0 Å². The van der Waals surface area contributed by atoms with Crippen LogP contribution in [0.25, 0.3) is 5.57 Å². The first kappa shape index (κ1) is 13.8. The van der Waals surface area contributed by atoms with Gasteiger partial charge in [0, 0.05) is 12.2 Å². The molecule has 1 aromatic carbocycles. The molecule has 0 amide bonds. The van der Waals surface area contributed by atoms with Gasteiger partial charge in [-0.15, -0.1) is 0 Å². The van der Waals surface area contributed by atoms with E-state index in [9.17, 15) is 0 Å². The molecule has 94 valence electrons. The van der Waals surface area contributed by atoms with Crippen molar-refractivity contribution in [3.05, 3.63) is 35.9 Å². The van der Waals surface area contributed by atoms with Gasteiger partial charge in [0.15, 0.2) is 0 Å². The van der Waals surface area contributed by atoms with Crippen LogP contribution in [-0.4, -0.2) is 18.8 Å². The zero-order valence-electron chi connectivity index (χ0n) is 10.8. The molecule has 0 radical (unpaired) electrons. The Kier molecular flexibility index (Phi) is 6.41. The second-order valence-electron chi connectivity index (χ2n) is 4.05. The molecule has 2 heteroatoms. The highest BCUT2D eigenvalue weighted by Gasteiger charge is 2.06. The zero-order valence-corrected chi connectivity index (χ0v) is 10.8. The summed E-state index contributed by atoms with van der Waals surface area (Å²) < 4.78 is 5.36. The molecule has 0 spiro atoms. The van der Waals surface area contributed by atoms with Crippen LogP contribution < -0.4 is 4.74 Å². The minimum atomic E-state index is 0.177. The van der Waals surface area contributed by atoms with Crippen LogP contribution >= 0.6 is 0 Å². The van der Waals surface area contributed by atoms with Gasteiger partial charge in [0.1, 0.15) is 5.75 Å². The van der Waals surface area contributed by atoms with Gasteiger partial charge in [-0.2, -0.15) is 0 Å². The van der Waals surface area contributed by atoms with Crippen molar-refractivity contribution >= 4 is 5.57 Å². The molecular formula is C15H22O2. The Morgan fingerprint density at radius 1 is 1.35 bits per heavy atom. The number of hydrogen-bond acceptors (Lipinski definition) is 2. The van der Waals surface area contributed by atoms with Crippen molar-refractivity contribution in [1.29, 1.82) is 0 Å². The number of hydrogen-bond donors (Lipinski definition) is 1. The molecular weight excluding hydrogens is 212 g/mol. The minimum absolute atomic E-state index is 0.177. The van der Waals surface area contributed by atoms with E-state index in [-0.39, 0.29) is 6.61 Å². The van der Waals surface area contributed by atoms with Crippen LogP contribution in [0.3, 0.4) is 0 Å². The van der Waals surface area contributed by atoms with Gasteiger partial charge in [0.05, 0.1) is 7.11 Å². The summed E-state index contributed by atoms with van der Waals surface area (Å²) in [4.78, 5) is 0. The van der Waals surface area contributed by atoms with Gasteiger partial charge < -0.3 is 9.84 Å². The smallest absolute Gasteiger partial charge is 0.126 e. The first-order valence-corrected chi connectivity index (χ1v) is 6.26. The van der Waals surface area contributed by atoms with Gasteiger partial charge in [-0.05, 0) is 24.5 Å². The van der Waals surface area contributed by atoms with E-state index in [1.54, 1.807) is 7.11 Å². The number of methoxy groups -OCH3 is 1. The SMILES string of the molecule is CCCC/C=C(/CCO)c1ccccc1OC. The van der Waals surface area contributed by atoms with Gasteiger partial charge >= 0.3 is 0 Å². The predicted octanol–water partition coefficient (Wildman–Crippen LogP) is 3.65. The third kappa shape index (κ3) is 4.23. The lowest BCUT2D eigenvalue weighted by molar-refractivity contribution is 0.304. The molecule has 0 aliphatic rings. The summed E-state index contributed by atoms with van der Waals surface area (Å²) in [6, 6.07) is 7.97. The fourth-order valence-corrected chi connectivity index (χ4v) is 1.86. The zero-order chi connectivity index (χ0) is 12.5. The lowest BCUT2D eigenvalue weighted by Crippen LogP contribution is -1.94. The highest BCUT2D eigenvalue weighted by Crippen LogP contribution is 2.28. The first-order valence-electron chi connectivity index (χ1n) is 6.26. The van der Waals surface area contributed by atoms with Gasteiger partial charge in [0.25, 0.3) is 0 Å². The average molecular weight is 234 g/mol. The van der Waals surface area contributed by atoms with Crippen molar-refractivity contribution in [2.24, 2.45) is 0 Å². The molecule has 0 bridgehead atoms. The van der Waals surface area contributed by atoms with E-state index in [0.29, 0.717) is 6.42 Å². The summed E-state index contributed by atoms with van der Waals surface area (Å²) in [5, 5.41) is 9.14. The molecule has 0 heterocycles. The molecule has 1 N–H and O–H groups in total. The summed E-state index contributed by atoms with van der Waals surface area (Å²) in [5.74, 6) is 0.878. The number of benzene rings is 1. The first-order chi connectivity index (χ1) is 8.33. The molecule has 0 saturated heterocycles. The van der Waals surface area contributed by atoms with E-state index >= 15 is 0 Å². The number of unbranched alkanes of at least 4 members (excludes halogenated alkanes) is 2. The molecule has 1 aromatic rings. The van der Waals surface area contributed by atoms with Crippen molar-refractivity contribution in [2.75, 3.05) is 13.7 Å². The highest BCUT2D eigenvalue weighted by molar-refractivity contribution is 5.70. The molecule has 0 aliphatic carbocycles. The molecule has 17 heavy (non-hydrogen) atoms. The van der Waals surface area contributed by atoms with Gasteiger partial charge in [0.2, 0.25) is 0 Å². The van der Waals surface area contributed by atoms with Crippen LogP contribution in [-0.2, 0) is 0 Å². The summed E-state index contributed by atoms with van der Waals surface area (Å²) in [6.45, 7) is 2.36. The second kappa shape index (κ2) is 7.91. The molecule has 0 saturated carbocycles. The van der Waals surface area contributed by atoms with Gasteiger partial charge in [-0.3, -0.25) is 0 Å². The van der Waals surface area contributed by atoms with Crippen molar-refractivity contribution in [3.63, 3.8) is 0 Å². The standard InChI is InChI=1S/C15H22O2/c1-3-4-5-8-13(11-12-16)14-9-6-7-10-15(14)17-2/h6-10,16H,3-5,11-12H2,1-2H3/b13-8-. The summed E-state index contributed by atoms with van der Waals surface area (Å²) in [6.07, 6.45) is 6.34. The summed E-state index contributed by atoms with van der Waals surface area (Å²) in [5.41, 5.74) is 2.28. The Hall–Kier alpha value is -1.28. The van der Waals surface area contributed by atoms with E-state index in [1.165, 1.54) is 18.4 Å². The third-order valence-electron chi connectivity index (χ3n) is 2.78. The highest BCUT2D eigenvalue weighted by atomic mass is 16.5. The van der Waals surface area contributed by atoms with E-state index in [4.69, 9.17) is 9.84 Å². The van der Waals surface area contributed by atoms with Gasteiger partial charge in [-0.1, -0.05) is 44.0 Å². The number of ether oxygens (including phenoxy) is 1. The van der Waals surface area contributed by atoms with E-state index in [2.05, 4.69) is 13.0 Å². The Bertz CT molecular complexity index is 356. The average Bonchev–Trinajstić information content (AvgIpc) is 2.38. The van der Waals surface area contributed by atoms with E-state index in [1.807, 2.05) is 24.3 Å². The Labute approximate surface area is 104 Å². The molecule has 0 aliphatic heterocycles. The molecule has 0 unspecified atom stereocenters. The molecule has 2 nitrogen and oxygen atoms in total. The number of para-hydroxylation sites is 1. The quantitative estimate of drug-likeness (QED) is 0.730. The van der Waals surface area contributed by atoms with Crippen LogP contribution in [0, 0.1) is 0 Å². The molecule has 0 atom stereocenters. The maximum Gasteiger partial charge on any atom is 0.126 e. The number of rotatable bonds is 7. The maximum atomic E-state index is 9.14. The van der Waals surface area contributed by atoms with Crippen LogP contribution in [0.2, 0.25) is 0 Å². The third-order valence-corrected chi connectivity index (χ3v) is 2.78. The van der Waals surface area contributed by atoms with Crippen LogP contribution in [0.1, 0.15) is 38.2 Å². The van der Waals surface area contributed by atoms with Crippen LogP contribution in [0.5, 0.6) is 5.75 Å². The normalized spacial score (nSPS) is 11.6. The minimum Gasteiger partial charge on any atom is -0.496 e. The van der Waals surface area contributed by atoms with Crippen LogP contribution in [0.15, 0.2) is 30.3 Å². The number of allylic oxidation sites excluding steroid dienone is 1. The van der Waals surface area contributed by atoms with E-state index < -0.39 is 0 Å². The Balaban J connectivity index is 2.92. The Morgan fingerprint density at radius 2 is 2.12 bits per heavy atom. The summed E-state index contributed by atoms with van der Waals surface area (Å²) >= 11 is 0. The lowest BCUT2D eigenvalue weighted by atomic mass is 10.00. The monoisotopic (exact) mass is 234 g/mol. The van der Waals surface area contributed by atoms with Crippen molar-refractivity contribution in [3.8, 4) is 5.75 Å². The largest absolute Gasteiger partial charge is 0.496 e. The molecule has 0 fully saturated rings. The van der Waals surface area contributed by atoms with Crippen molar-refractivity contribution in [1.82, 2.24) is 0 Å². The number of aliphatic hydroxyl groups is 1. The van der Waals surface area contributed by atoms with E-state index in [0.717, 1.165) is 17.7 Å². The lowest BCUT2D eigenvalue weighted by Gasteiger charge is -2.11. The summed E-state index contributed by atoms with van der Waals surface area (Å²) in [7, 11) is 1.68. The Morgan fingerprint density at radius 3 is 2.76 bits per heavy atom. The number of aliphatic hydroxyl groups excluding tert-OH is 1. The fraction of sp³-hybridized carbons (Fsp3) is 0.467. The predicted molar refractivity (Wildman–Crippen MR) is 72.2 cm³/mol. The van der Waals surface area contributed by atoms with Crippen molar-refractivity contribution < 1.29 is 9.84 Å². The second-order valence-corrected chi connectivity index (χ2v) is 4.05.